The highest BCUT2D eigenvalue weighted by Gasteiger charge is 2.28. The van der Waals surface area contributed by atoms with E-state index in [2.05, 4.69) is 16.8 Å². The van der Waals surface area contributed by atoms with Gasteiger partial charge in [-0.2, -0.15) is 0 Å². The Kier molecular flexibility index (Phi) is 4.51. The SMILES string of the molecule is C=C(C)C(=O)Oc1cc(-n2nc3ccccc3n2)c(O)c(C(C)(C)C)c1C. The Balaban J connectivity index is 2.26. The van der Waals surface area contributed by atoms with Gasteiger partial charge in [-0.1, -0.05) is 39.5 Å². The number of fused-ring (bicyclic) bond motifs is 1. The number of rotatable bonds is 3. The summed E-state index contributed by atoms with van der Waals surface area (Å²) in [5.41, 5.74) is 3.03. The van der Waals surface area contributed by atoms with Crippen LogP contribution in [-0.2, 0) is 10.2 Å². The monoisotopic (exact) mass is 365 g/mol. The number of ether oxygens (including phenoxy) is 1. The molecule has 6 nitrogen and oxygen atoms in total. The van der Waals surface area contributed by atoms with Crippen LogP contribution in [0.15, 0.2) is 42.5 Å². The Morgan fingerprint density at radius 2 is 1.74 bits per heavy atom. The minimum absolute atomic E-state index is 0.0652. The lowest BCUT2D eigenvalue weighted by Crippen LogP contribution is -2.17. The van der Waals surface area contributed by atoms with Crippen LogP contribution >= 0.6 is 0 Å². The second-order valence-corrected chi connectivity index (χ2v) is 7.64. The molecule has 1 aromatic heterocycles. The van der Waals surface area contributed by atoms with Gasteiger partial charge in [0, 0.05) is 17.2 Å². The van der Waals surface area contributed by atoms with E-state index in [1.807, 2.05) is 52.0 Å². The van der Waals surface area contributed by atoms with Gasteiger partial charge in [0.05, 0.1) is 0 Å². The largest absolute Gasteiger partial charge is 0.505 e. The Bertz CT molecular complexity index is 1030. The van der Waals surface area contributed by atoms with E-state index in [9.17, 15) is 9.90 Å². The number of hydrogen-bond donors (Lipinski definition) is 1. The van der Waals surface area contributed by atoms with Gasteiger partial charge in [0.25, 0.3) is 0 Å². The molecule has 0 bridgehead atoms. The van der Waals surface area contributed by atoms with E-state index < -0.39 is 5.97 Å². The van der Waals surface area contributed by atoms with Crippen LogP contribution in [0.4, 0.5) is 0 Å². The number of benzene rings is 2. The Morgan fingerprint density at radius 1 is 1.19 bits per heavy atom. The Morgan fingerprint density at radius 3 is 2.22 bits per heavy atom. The van der Waals surface area contributed by atoms with Gasteiger partial charge in [0.2, 0.25) is 0 Å². The van der Waals surface area contributed by atoms with Crippen LogP contribution < -0.4 is 4.74 Å². The fourth-order valence-corrected chi connectivity index (χ4v) is 3.06. The smallest absolute Gasteiger partial charge is 0.338 e. The maximum Gasteiger partial charge on any atom is 0.338 e. The number of carbonyl (C=O) groups is 1. The molecule has 1 heterocycles. The first-order valence-electron chi connectivity index (χ1n) is 8.67. The summed E-state index contributed by atoms with van der Waals surface area (Å²) >= 11 is 0. The standard InChI is InChI=1S/C21H23N3O3/c1-12(2)20(26)27-17-11-16(19(25)18(13(17)3)21(4,5)6)24-22-14-9-7-8-10-15(14)23-24/h7-11,25H,1H2,2-6H3. The summed E-state index contributed by atoms with van der Waals surface area (Å²) in [5.74, 6) is -0.106. The molecule has 3 aromatic rings. The molecule has 0 aliphatic heterocycles. The van der Waals surface area contributed by atoms with Crippen molar-refractivity contribution in [1.82, 2.24) is 15.0 Å². The molecule has 0 aliphatic rings. The van der Waals surface area contributed by atoms with Crippen LogP contribution in [0.3, 0.4) is 0 Å². The molecule has 1 N–H and O–H groups in total. The van der Waals surface area contributed by atoms with E-state index in [1.165, 1.54) is 4.80 Å². The van der Waals surface area contributed by atoms with Crippen molar-refractivity contribution in [3.63, 3.8) is 0 Å². The van der Waals surface area contributed by atoms with Crippen molar-refractivity contribution >= 4 is 17.0 Å². The molecule has 6 heteroatoms. The van der Waals surface area contributed by atoms with Gasteiger partial charge >= 0.3 is 5.97 Å². The van der Waals surface area contributed by atoms with Crippen LogP contribution in [0.25, 0.3) is 16.7 Å². The van der Waals surface area contributed by atoms with Crippen molar-refractivity contribution in [1.29, 1.82) is 0 Å². The fraction of sp³-hybridized carbons (Fsp3) is 0.286. The minimum atomic E-state index is -0.520. The first-order valence-corrected chi connectivity index (χ1v) is 8.67. The number of phenolic OH excluding ortho intramolecular Hbond substituents is 1. The highest BCUT2D eigenvalue weighted by atomic mass is 16.5. The lowest BCUT2D eigenvalue weighted by atomic mass is 9.82. The molecule has 0 atom stereocenters. The molecule has 0 spiro atoms. The first kappa shape index (κ1) is 18.6. The molecule has 3 rings (SSSR count). The second kappa shape index (κ2) is 6.54. The second-order valence-electron chi connectivity index (χ2n) is 7.64. The molecule has 0 saturated carbocycles. The highest BCUT2D eigenvalue weighted by molar-refractivity contribution is 5.89. The first-order chi connectivity index (χ1) is 12.6. The van der Waals surface area contributed by atoms with Gasteiger partial charge in [0.1, 0.15) is 28.2 Å². The predicted octanol–water partition coefficient (Wildman–Crippen LogP) is 4.21. The maximum absolute atomic E-state index is 12.1. The molecule has 0 amide bonds. The number of hydrogen-bond acceptors (Lipinski definition) is 5. The van der Waals surface area contributed by atoms with Crippen molar-refractivity contribution in [2.75, 3.05) is 0 Å². The lowest BCUT2D eigenvalue weighted by molar-refractivity contribution is -0.130. The minimum Gasteiger partial charge on any atom is -0.505 e. The van der Waals surface area contributed by atoms with Gasteiger partial charge in [-0.05, 0) is 37.0 Å². The average molecular weight is 365 g/mol. The normalized spacial score (nSPS) is 11.6. The average Bonchev–Trinajstić information content (AvgIpc) is 2.99. The summed E-state index contributed by atoms with van der Waals surface area (Å²) in [4.78, 5) is 13.4. The van der Waals surface area contributed by atoms with Gasteiger partial charge in [-0.3, -0.25) is 0 Å². The third-order valence-corrected chi connectivity index (χ3v) is 4.30. The Labute approximate surface area is 158 Å². The molecule has 0 radical (unpaired) electrons. The maximum atomic E-state index is 12.1. The van der Waals surface area contributed by atoms with Crippen molar-refractivity contribution in [2.45, 2.75) is 40.0 Å². The van der Waals surface area contributed by atoms with E-state index in [0.717, 1.165) is 0 Å². The van der Waals surface area contributed by atoms with E-state index in [1.54, 1.807) is 13.0 Å². The Hall–Kier alpha value is -3.15. The van der Waals surface area contributed by atoms with Crippen LogP contribution in [-0.4, -0.2) is 26.1 Å². The number of aromatic hydroxyl groups is 1. The third kappa shape index (κ3) is 3.43. The highest BCUT2D eigenvalue weighted by Crippen LogP contribution is 2.42. The topological polar surface area (TPSA) is 77.2 Å². The molecule has 140 valence electrons. The molecular weight excluding hydrogens is 342 g/mol. The zero-order valence-electron chi connectivity index (χ0n) is 16.2. The summed E-state index contributed by atoms with van der Waals surface area (Å²) in [6.07, 6.45) is 0. The number of phenols is 1. The fourth-order valence-electron chi connectivity index (χ4n) is 3.06. The van der Waals surface area contributed by atoms with Crippen molar-refractivity contribution < 1.29 is 14.6 Å². The molecular formula is C21H23N3O3. The zero-order chi connectivity index (χ0) is 19.9. The van der Waals surface area contributed by atoms with Gasteiger partial charge in [-0.15, -0.1) is 15.0 Å². The van der Waals surface area contributed by atoms with Crippen LogP contribution in [0, 0.1) is 6.92 Å². The predicted molar refractivity (Wildman–Crippen MR) is 104 cm³/mol. The molecule has 0 unspecified atom stereocenters. The summed E-state index contributed by atoms with van der Waals surface area (Å²) in [5, 5.41) is 19.9. The summed E-state index contributed by atoms with van der Waals surface area (Å²) in [6.45, 7) is 13.0. The summed E-state index contributed by atoms with van der Waals surface area (Å²) in [6, 6.07) is 9.02. The van der Waals surface area contributed by atoms with Gasteiger partial charge < -0.3 is 9.84 Å². The summed E-state index contributed by atoms with van der Waals surface area (Å²) < 4.78 is 5.52. The third-order valence-electron chi connectivity index (χ3n) is 4.30. The molecule has 2 aromatic carbocycles. The van der Waals surface area contributed by atoms with Crippen molar-refractivity contribution in [2.24, 2.45) is 0 Å². The van der Waals surface area contributed by atoms with Crippen molar-refractivity contribution in [3.05, 3.63) is 53.6 Å². The van der Waals surface area contributed by atoms with Crippen LogP contribution in [0.5, 0.6) is 11.5 Å². The van der Waals surface area contributed by atoms with E-state index >= 15 is 0 Å². The van der Waals surface area contributed by atoms with E-state index in [-0.39, 0.29) is 11.2 Å². The van der Waals surface area contributed by atoms with Gasteiger partial charge in [-0.25, -0.2) is 4.79 Å². The number of aromatic nitrogens is 3. The van der Waals surface area contributed by atoms with Crippen molar-refractivity contribution in [3.8, 4) is 17.2 Å². The van der Waals surface area contributed by atoms with Crippen LogP contribution in [0.1, 0.15) is 38.8 Å². The molecule has 27 heavy (non-hydrogen) atoms. The molecule has 0 saturated heterocycles. The van der Waals surface area contributed by atoms with E-state index in [4.69, 9.17) is 4.74 Å². The van der Waals surface area contributed by atoms with Gasteiger partial charge in [0.15, 0.2) is 0 Å². The number of esters is 1. The zero-order valence-corrected chi connectivity index (χ0v) is 16.2. The quantitative estimate of drug-likeness (QED) is 0.427. The lowest BCUT2D eigenvalue weighted by Gasteiger charge is -2.25. The van der Waals surface area contributed by atoms with E-state index in [0.29, 0.717) is 39.2 Å². The number of nitrogens with zero attached hydrogens (tertiary/aromatic N) is 3. The molecule has 0 fully saturated rings. The summed E-state index contributed by atoms with van der Waals surface area (Å²) in [7, 11) is 0. The molecule has 0 aliphatic carbocycles. The number of carbonyl (C=O) groups excluding carboxylic acids is 1. The van der Waals surface area contributed by atoms with Crippen LogP contribution in [0.2, 0.25) is 0 Å².